The molecule has 1 aromatic heterocycles. The van der Waals surface area contributed by atoms with Crippen LogP contribution in [0.5, 0.6) is 0 Å². The fraction of sp³-hybridized carbons (Fsp3) is 0.167. The van der Waals surface area contributed by atoms with Gasteiger partial charge in [-0.05, 0) is 24.6 Å². The molecule has 0 aliphatic heterocycles. The Balaban J connectivity index is 1.61. The van der Waals surface area contributed by atoms with Crippen molar-refractivity contribution in [2.45, 2.75) is 19.5 Å². The second-order valence-electron chi connectivity index (χ2n) is 5.62. The minimum Gasteiger partial charge on any atom is -0.350 e. The van der Waals surface area contributed by atoms with Crippen molar-refractivity contribution in [3.63, 3.8) is 0 Å². The van der Waals surface area contributed by atoms with Crippen molar-refractivity contribution in [1.82, 2.24) is 20.8 Å². The zero-order chi connectivity index (χ0) is 17.8. The number of benzene rings is 2. The number of halogens is 1. The highest BCUT2D eigenvalue weighted by Crippen LogP contribution is 2.15. The number of fused-ring (bicyclic) bond motifs is 1. The van der Waals surface area contributed by atoms with Crippen LogP contribution in [-0.2, 0) is 11.3 Å². The van der Waals surface area contributed by atoms with Crippen molar-refractivity contribution in [1.29, 1.82) is 0 Å². The minimum atomic E-state index is -0.703. The van der Waals surface area contributed by atoms with Gasteiger partial charge >= 0.3 is 0 Å². The Morgan fingerprint density at radius 2 is 1.88 bits per heavy atom. The van der Waals surface area contributed by atoms with Crippen LogP contribution in [0, 0.1) is 0 Å². The van der Waals surface area contributed by atoms with E-state index in [0.29, 0.717) is 17.0 Å². The number of aromatic nitrogens is 2. The third-order valence-electron chi connectivity index (χ3n) is 3.84. The quantitative estimate of drug-likeness (QED) is 0.656. The minimum absolute atomic E-state index is 0.265. The van der Waals surface area contributed by atoms with Crippen molar-refractivity contribution >= 4 is 34.3 Å². The number of nitrogens with zero attached hydrogens (tertiary/aromatic N) is 1. The average molecular weight is 357 g/mol. The summed E-state index contributed by atoms with van der Waals surface area (Å²) in [6.07, 6.45) is 0. The molecule has 6 nitrogen and oxygen atoms in total. The van der Waals surface area contributed by atoms with Crippen LogP contribution in [0.15, 0.2) is 48.5 Å². The van der Waals surface area contributed by atoms with Gasteiger partial charge in [0.05, 0.1) is 5.52 Å². The molecule has 0 bridgehead atoms. The summed E-state index contributed by atoms with van der Waals surface area (Å²) in [7, 11) is 0. The first-order valence-electron chi connectivity index (χ1n) is 7.81. The molecule has 2 amide bonds. The van der Waals surface area contributed by atoms with Crippen LogP contribution in [0.3, 0.4) is 0 Å². The number of amides is 2. The Hall–Kier alpha value is -2.86. The number of aromatic amines is 1. The molecule has 25 heavy (non-hydrogen) atoms. The molecule has 2 aromatic carbocycles. The van der Waals surface area contributed by atoms with Gasteiger partial charge in [-0.15, -0.1) is 0 Å². The highest BCUT2D eigenvalue weighted by molar-refractivity contribution is 6.31. The maximum atomic E-state index is 12.4. The normalized spacial score (nSPS) is 11.9. The van der Waals surface area contributed by atoms with Crippen molar-refractivity contribution < 1.29 is 9.59 Å². The molecule has 3 N–H and O–H groups in total. The second-order valence-corrected chi connectivity index (χ2v) is 6.03. The van der Waals surface area contributed by atoms with Crippen LogP contribution in [0.25, 0.3) is 10.9 Å². The molecule has 0 aliphatic carbocycles. The number of carbonyl (C=O) groups excluding carboxylic acids is 2. The van der Waals surface area contributed by atoms with Gasteiger partial charge in [0.1, 0.15) is 6.04 Å². The van der Waals surface area contributed by atoms with Crippen molar-refractivity contribution in [2.75, 3.05) is 0 Å². The molecular formula is C18H17ClN4O2. The number of para-hydroxylation sites is 1. The summed E-state index contributed by atoms with van der Waals surface area (Å²) in [5, 5.41) is 13.5. The predicted molar refractivity (Wildman–Crippen MR) is 96.3 cm³/mol. The molecule has 0 saturated heterocycles. The smallest absolute Gasteiger partial charge is 0.273 e. The third kappa shape index (κ3) is 3.80. The lowest BCUT2D eigenvalue weighted by atomic mass is 10.2. The van der Waals surface area contributed by atoms with Gasteiger partial charge in [0.25, 0.3) is 5.91 Å². The zero-order valence-corrected chi connectivity index (χ0v) is 14.3. The topological polar surface area (TPSA) is 86.9 Å². The first-order valence-corrected chi connectivity index (χ1v) is 8.19. The lowest BCUT2D eigenvalue weighted by Gasteiger charge is -2.14. The van der Waals surface area contributed by atoms with Gasteiger partial charge < -0.3 is 10.6 Å². The van der Waals surface area contributed by atoms with Crippen molar-refractivity contribution in [3.8, 4) is 0 Å². The Morgan fingerprint density at radius 1 is 1.16 bits per heavy atom. The number of hydrogen-bond acceptors (Lipinski definition) is 3. The van der Waals surface area contributed by atoms with Gasteiger partial charge in [-0.2, -0.15) is 5.10 Å². The first-order chi connectivity index (χ1) is 12.1. The maximum absolute atomic E-state index is 12.4. The van der Waals surface area contributed by atoms with Crippen LogP contribution < -0.4 is 10.6 Å². The summed E-state index contributed by atoms with van der Waals surface area (Å²) >= 11 is 6.06. The molecule has 0 saturated carbocycles. The van der Waals surface area contributed by atoms with Crippen molar-refractivity contribution in [3.05, 3.63) is 64.8 Å². The van der Waals surface area contributed by atoms with Crippen LogP contribution in [0.2, 0.25) is 5.02 Å². The maximum Gasteiger partial charge on any atom is 0.273 e. The highest BCUT2D eigenvalue weighted by Gasteiger charge is 2.20. The number of rotatable bonds is 5. The zero-order valence-electron chi connectivity index (χ0n) is 13.5. The van der Waals surface area contributed by atoms with Crippen molar-refractivity contribution in [2.24, 2.45) is 0 Å². The highest BCUT2D eigenvalue weighted by atomic mass is 35.5. The SMILES string of the molecule is CC(NC(=O)c1n[nH]c2ccccc12)C(=O)NCc1ccccc1Cl. The second kappa shape index (κ2) is 7.36. The fourth-order valence-corrected chi connectivity index (χ4v) is 2.65. The first kappa shape index (κ1) is 17.0. The predicted octanol–water partition coefficient (Wildman–Crippen LogP) is 2.65. The molecule has 0 spiro atoms. The lowest BCUT2D eigenvalue weighted by molar-refractivity contribution is -0.122. The van der Waals surface area contributed by atoms with E-state index in [2.05, 4.69) is 20.8 Å². The summed E-state index contributed by atoms with van der Waals surface area (Å²) in [6.45, 7) is 1.92. The molecular weight excluding hydrogens is 340 g/mol. The van der Waals surface area contributed by atoms with Gasteiger partial charge in [0, 0.05) is 17.0 Å². The standard InChI is InChI=1S/C18H17ClN4O2/c1-11(17(24)20-10-12-6-2-4-8-14(12)19)21-18(25)16-13-7-3-5-9-15(13)22-23-16/h2-9,11H,10H2,1H3,(H,20,24)(H,21,25)(H,22,23). The number of nitrogens with one attached hydrogen (secondary N) is 3. The van der Waals surface area contributed by atoms with E-state index in [0.717, 1.165) is 11.1 Å². The van der Waals surface area contributed by atoms with E-state index in [-0.39, 0.29) is 11.6 Å². The van der Waals surface area contributed by atoms with E-state index in [9.17, 15) is 9.59 Å². The molecule has 0 aliphatic rings. The van der Waals surface area contributed by atoms with Crippen LogP contribution in [0.4, 0.5) is 0 Å². The number of H-pyrrole nitrogens is 1. The Morgan fingerprint density at radius 3 is 2.68 bits per heavy atom. The molecule has 1 unspecified atom stereocenters. The molecule has 7 heteroatoms. The summed E-state index contributed by atoms with van der Waals surface area (Å²) in [5.41, 5.74) is 1.85. The molecule has 1 atom stereocenters. The molecule has 0 radical (unpaired) electrons. The Labute approximate surface area is 149 Å². The molecule has 3 aromatic rings. The van der Waals surface area contributed by atoms with E-state index < -0.39 is 11.9 Å². The van der Waals surface area contributed by atoms with Gasteiger partial charge in [-0.25, -0.2) is 0 Å². The van der Waals surface area contributed by atoms with Gasteiger partial charge in [0.2, 0.25) is 5.91 Å². The molecule has 0 fully saturated rings. The van der Waals surface area contributed by atoms with Gasteiger partial charge in [-0.3, -0.25) is 14.7 Å². The summed E-state index contributed by atoms with van der Waals surface area (Å²) in [6, 6.07) is 13.9. The van der Waals surface area contributed by atoms with Gasteiger partial charge in [0.15, 0.2) is 5.69 Å². The summed E-state index contributed by atoms with van der Waals surface area (Å²) < 4.78 is 0. The van der Waals surface area contributed by atoms with Crippen LogP contribution in [-0.4, -0.2) is 28.1 Å². The van der Waals surface area contributed by atoms with Crippen LogP contribution >= 0.6 is 11.6 Å². The Bertz CT molecular complexity index is 922. The summed E-state index contributed by atoms with van der Waals surface area (Å²) in [5.74, 6) is -0.703. The third-order valence-corrected chi connectivity index (χ3v) is 4.21. The monoisotopic (exact) mass is 356 g/mol. The van der Waals surface area contributed by atoms with E-state index in [1.165, 1.54) is 0 Å². The fourth-order valence-electron chi connectivity index (χ4n) is 2.44. The van der Waals surface area contributed by atoms with E-state index in [1.54, 1.807) is 19.1 Å². The largest absolute Gasteiger partial charge is 0.350 e. The number of hydrogen-bond donors (Lipinski definition) is 3. The molecule has 3 rings (SSSR count). The molecule has 1 heterocycles. The lowest BCUT2D eigenvalue weighted by Crippen LogP contribution is -2.44. The average Bonchev–Trinajstić information content (AvgIpc) is 3.05. The van der Waals surface area contributed by atoms with E-state index in [1.807, 2.05) is 36.4 Å². The van der Waals surface area contributed by atoms with Gasteiger partial charge in [-0.1, -0.05) is 48.0 Å². The van der Waals surface area contributed by atoms with Crippen LogP contribution in [0.1, 0.15) is 23.0 Å². The Kier molecular flexibility index (Phi) is 5.00. The number of carbonyl (C=O) groups is 2. The van der Waals surface area contributed by atoms with E-state index in [4.69, 9.17) is 11.6 Å². The summed E-state index contributed by atoms with van der Waals surface area (Å²) in [4.78, 5) is 24.6. The molecule has 128 valence electrons. The van der Waals surface area contributed by atoms with E-state index >= 15 is 0 Å².